The Morgan fingerprint density at radius 1 is 1.18 bits per heavy atom. The summed E-state index contributed by atoms with van der Waals surface area (Å²) in [4.78, 5) is 34.4. The summed E-state index contributed by atoms with van der Waals surface area (Å²) in [5.74, 6) is -2.24. The number of aromatic carboxylic acids is 1. The van der Waals surface area contributed by atoms with Crippen LogP contribution in [0.2, 0.25) is 0 Å². The van der Waals surface area contributed by atoms with Crippen LogP contribution >= 0.6 is 15.9 Å². The predicted molar refractivity (Wildman–Crippen MR) is 60.1 cm³/mol. The van der Waals surface area contributed by atoms with Crippen LogP contribution in [0.3, 0.4) is 0 Å². The van der Waals surface area contributed by atoms with Gasteiger partial charge in [0.15, 0.2) is 0 Å². The number of nitrogens with zero attached hydrogens (tertiary/aromatic N) is 1. The van der Waals surface area contributed by atoms with E-state index in [1.807, 2.05) is 0 Å². The number of rotatable bonds is 2. The van der Waals surface area contributed by atoms with Crippen molar-refractivity contribution in [3.05, 3.63) is 40.4 Å². The Morgan fingerprint density at radius 3 is 2.24 bits per heavy atom. The molecular formula is C11H5BrNO4-. The van der Waals surface area contributed by atoms with Crippen molar-refractivity contribution in [1.82, 2.24) is 0 Å². The standard InChI is InChI=1S/C11H6BrNO4/c12-8-5-6(1-2-7(8)11(16)17)13-9(14)3-4-10(13)15/h1-5H,(H,16,17)/p-1. The van der Waals surface area contributed by atoms with E-state index < -0.39 is 17.8 Å². The molecule has 2 rings (SSSR count). The first kappa shape index (κ1) is 11.5. The van der Waals surface area contributed by atoms with Crippen LogP contribution in [0.25, 0.3) is 0 Å². The number of benzene rings is 1. The SMILES string of the molecule is O=C([O-])c1ccc(N2C(=O)C=CC2=O)cc1Br. The zero-order valence-corrected chi connectivity index (χ0v) is 9.93. The van der Waals surface area contributed by atoms with Crippen LogP contribution in [0.1, 0.15) is 10.4 Å². The van der Waals surface area contributed by atoms with Crippen LogP contribution in [-0.4, -0.2) is 17.8 Å². The number of halogens is 1. The van der Waals surface area contributed by atoms with Crippen molar-refractivity contribution in [1.29, 1.82) is 0 Å². The molecule has 6 heteroatoms. The lowest BCUT2D eigenvalue weighted by Gasteiger charge is -2.15. The second-order valence-electron chi connectivity index (χ2n) is 3.30. The number of carbonyl (C=O) groups excluding carboxylic acids is 3. The van der Waals surface area contributed by atoms with E-state index in [9.17, 15) is 19.5 Å². The number of hydrogen-bond donors (Lipinski definition) is 0. The first-order valence-corrected chi connectivity index (χ1v) is 5.37. The highest BCUT2D eigenvalue weighted by Gasteiger charge is 2.25. The van der Waals surface area contributed by atoms with E-state index in [4.69, 9.17) is 0 Å². The summed E-state index contributed by atoms with van der Waals surface area (Å²) in [7, 11) is 0. The van der Waals surface area contributed by atoms with Gasteiger partial charge in [-0.25, -0.2) is 4.90 Å². The molecule has 0 bridgehead atoms. The number of anilines is 1. The lowest BCUT2D eigenvalue weighted by atomic mass is 10.2. The Kier molecular flexibility index (Phi) is 2.81. The Morgan fingerprint density at radius 2 is 1.76 bits per heavy atom. The van der Waals surface area contributed by atoms with Crippen molar-refractivity contribution in [3.8, 4) is 0 Å². The van der Waals surface area contributed by atoms with Crippen molar-refractivity contribution in [2.75, 3.05) is 4.90 Å². The zero-order valence-electron chi connectivity index (χ0n) is 8.34. The molecule has 0 aliphatic carbocycles. The minimum absolute atomic E-state index is 0.0409. The number of imide groups is 1. The largest absolute Gasteiger partial charge is 0.545 e. The molecule has 86 valence electrons. The minimum atomic E-state index is -1.33. The molecule has 0 fully saturated rings. The average molecular weight is 295 g/mol. The van der Waals surface area contributed by atoms with Gasteiger partial charge in [0.25, 0.3) is 11.8 Å². The number of hydrogen-bond acceptors (Lipinski definition) is 4. The molecule has 0 radical (unpaired) electrons. The van der Waals surface area contributed by atoms with Gasteiger partial charge in [0.05, 0.1) is 11.7 Å². The van der Waals surface area contributed by atoms with Gasteiger partial charge < -0.3 is 9.90 Å². The monoisotopic (exact) mass is 294 g/mol. The van der Waals surface area contributed by atoms with Gasteiger partial charge >= 0.3 is 0 Å². The van der Waals surface area contributed by atoms with Gasteiger partial charge in [-0.15, -0.1) is 0 Å². The molecule has 0 N–H and O–H groups in total. The molecule has 1 aromatic rings. The number of carboxylic acids is 1. The third-order valence-corrected chi connectivity index (χ3v) is 2.90. The highest BCUT2D eigenvalue weighted by molar-refractivity contribution is 9.10. The fourth-order valence-corrected chi connectivity index (χ4v) is 1.99. The molecule has 0 spiro atoms. The van der Waals surface area contributed by atoms with Crippen LogP contribution in [-0.2, 0) is 9.59 Å². The second-order valence-corrected chi connectivity index (χ2v) is 4.15. The molecule has 2 amide bonds. The fraction of sp³-hybridized carbons (Fsp3) is 0. The average Bonchev–Trinajstić information content (AvgIpc) is 2.58. The van der Waals surface area contributed by atoms with Crippen LogP contribution in [0.4, 0.5) is 5.69 Å². The van der Waals surface area contributed by atoms with Crippen molar-refractivity contribution >= 4 is 39.4 Å². The maximum Gasteiger partial charge on any atom is 0.258 e. The van der Waals surface area contributed by atoms with Crippen molar-refractivity contribution in [2.24, 2.45) is 0 Å². The molecular weight excluding hydrogens is 290 g/mol. The quantitative estimate of drug-likeness (QED) is 0.732. The van der Waals surface area contributed by atoms with Crippen LogP contribution in [0.15, 0.2) is 34.8 Å². The Bertz CT molecular complexity index is 547. The molecule has 1 aromatic carbocycles. The van der Waals surface area contributed by atoms with E-state index in [1.54, 1.807) is 0 Å². The predicted octanol–water partition coefficient (Wildman–Crippen LogP) is 0.242. The van der Waals surface area contributed by atoms with E-state index >= 15 is 0 Å². The summed E-state index contributed by atoms with van der Waals surface area (Å²) in [5.41, 5.74) is 0.266. The smallest absolute Gasteiger partial charge is 0.258 e. The number of carbonyl (C=O) groups is 3. The molecule has 5 nitrogen and oxygen atoms in total. The third kappa shape index (κ3) is 1.99. The maximum absolute atomic E-state index is 11.4. The Balaban J connectivity index is 2.42. The lowest BCUT2D eigenvalue weighted by molar-refractivity contribution is -0.255. The summed E-state index contributed by atoms with van der Waals surface area (Å²) >= 11 is 3.04. The Hall–Kier alpha value is -1.95. The highest BCUT2D eigenvalue weighted by Crippen LogP contribution is 2.25. The summed E-state index contributed by atoms with van der Waals surface area (Å²) in [5, 5.41) is 10.7. The molecule has 1 aliphatic rings. The maximum atomic E-state index is 11.4. The highest BCUT2D eigenvalue weighted by atomic mass is 79.9. The topological polar surface area (TPSA) is 77.5 Å². The number of amides is 2. The minimum Gasteiger partial charge on any atom is -0.545 e. The first-order chi connectivity index (χ1) is 8.00. The van der Waals surface area contributed by atoms with Gasteiger partial charge in [-0.3, -0.25) is 9.59 Å². The Labute approximate surface area is 104 Å². The van der Waals surface area contributed by atoms with Gasteiger partial charge in [0.2, 0.25) is 0 Å². The van der Waals surface area contributed by atoms with Crippen molar-refractivity contribution in [2.45, 2.75) is 0 Å². The summed E-state index contributed by atoms with van der Waals surface area (Å²) in [6.07, 6.45) is 2.31. The number of carboxylic acid groups (broad SMARTS) is 1. The lowest BCUT2D eigenvalue weighted by Crippen LogP contribution is -2.30. The van der Waals surface area contributed by atoms with Gasteiger partial charge in [-0.1, -0.05) is 15.9 Å². The summed E-state index contributed by atoms with van der Waals surface area (Å²) in [6, 6.07) is 4.03. The molecule has 1 heterocycles. The molecule has 0 saturated carbocycles. The van der Waals surface area contributed by atoms with E-state index in [1.165, 1.54) is 18.2 Å². The zero-order chi connectivity index (χ0) is 12.6. The molecule has 0 saturated heterocycles. The van der Waals surface area contributed by atoms with Gasteiger partial charge in [0.1, 0.15) is 0 Å². The van der Waals surface area contributed by atoms with Crippen LogP contribution < -0.4 is 10.0 Å². The first-order valence-electron chi connectivity index (χ1n) is 4.58. The molecule has 0 aromatic heterocycles. The van der Waals surface area contributed by atoms with E-state index in [0.717, 1.165) is 17.1 Å². The van der Waals surface area contributed by atoms with Crippen LogP contribution in [0.5, 0.6) is 0 Å². The molecule has 0 atom stereocenters. The van der Waals surface area contributed by atoms with E-state index in [-0.39, 0.29) is 10.0 Å². The third-order valence-electron chi connectivity index (χ3n) is 2.24. The van der Waals surface area contributed by atoms with Gasteiger partial charge in [-0.05, 0) is 18.2 Å². The van der Waals surface area contributed by atoms with Crippen LogP contribution in [0, 0.1) is 0 Å². The van der Waals surface area contributed by atoms with Crippen molar-refractivity contribution in [3.63, 3.8) is 0 Å². The molecule has 1 aliphatic heterocycles. The molecule has 17 heavy (non-hydrogen) atoms. The van der Waals surface area contributed by atoms with Gasteiger partial charge in [0, 0.05) is 22.2 Å². The second kappa shape index (κ2) is 4.14. The van der Waals surface area contributed by atoms with E-state index in [0.29, 0.717) is 5.69 Å². The summed E-state index contributed by atoms with van der Waals surface area (Å²) < 4.78 is 0.252. The fourth-order valence-electron chi connectivity index (χ4n) is 1.46. The van der Waals surface area contributed by atoms with Crippen molar-refractivity contribution < 1.29 is 19.5 Å². The van der Waals surface area contributed by atoms with Gasteiger partial charge in [-0.2, -0.15) is 0 Å². The summed E-state index contributed by atoms with van der Waals surface area (Å²) in [6.45, 7) is 0. The van der Waals surface area contributed by atoms with E-state index in [2.05, 4.69) is 15.9 Å². The normalized spacial score (nSPS) is 14.5. The molecule has 0 unspecified atom stereocenters.